The molecule has 1 aromatic rings. The molecule has 20 heavy (non-hydrogen) atoms. The lowest BCUT2D eigenvalue weighted by atomic mass is 9.90. The molecular formula is C12H15ClF3N3O. The summed E-state index contributed by atoms with van der Waals surface area (Å²) in [6.45, 7) is 0.371. The Labute approximate surface area is 120 Å². The summed E-state index contributed by atoms with van der Waals surface area (Å²) < 4.78 is 42.7. The van der Waals surface area contributed by atoms with Crippen molar-refractivity contribution < 1.29 is 17.9 Å². The van der Waals surface area contributed by atoms with Gasteiger partial charge >= 0.3 is 12.2 Å². The summed E-state index contributed by atoms with van der Waals surface area (Å²) in [5.74, 6) is 0.344. The molecule has 0 saturated carbocycles. The maximum atomic E-state index is 12.5. The van der Waals surface area contributed by atoms with Crippen molar-refractivity contribution in [2.75, 3.05) is 6.61 Å². The van der Waals surface area contributed by atoms with Gasteiger partial charge in [-0.1, -0.05) is 0 Å². The molecule has 0 radical (unpaired) electrons. The quantitative estimate of drug-likeness (QED) is 0.931. The smallest absolute Gasteiger partial charge is 0.433 e. The molecular weight excluding hydrogens is 295 g/mol. The van der Waals surface area contributed by atoms with Crippen LogP contribution in [0.25, 0.3) is 0 Å². The molecule has 3 atom stereocenters. The molecule has 4 nitrogen and oxygen atoms in total. The van der Waals surface area contributed by atoms with Crippen LogP contribution in [0.2, 0.25) is 0 Å². The highest BCUT2D eigenvalue weighted by molar-refractivity contribution is 5.85. The molecule has 1 N–H and O–H groups in total. The number of ether oxygens (including phenoxy) is 1. The van der Waals surface area contributed by atoms with Crippen molar-refractivity contribution in [2.24, 2.45) is 5.92 Å². The van der Waals surface area contributed by atoms with E-state index in [4.69, 9.17) is 4.74 Å². The van der Waals surface area contributed by atoms with Crippen molar-refractivity contribution in [2.45, 2.75) is 37.5 Å². The molecule has 3 unspecified atom stereocenters. The summed E-state index contributed by atoms with van der Waals surface area (Å²) in [6.07, 6.45) is -0.0772. The third-order valence-electron chi connectivity index (χ3n) is 3.78. The number of alkyl halides is 3. The van der Waals surface area contributed by atoms with Gasteiger partial charge in [0, 0.05) is 24.2 Å². The maximum absolute atomic E-state index is 12.5. The van der Waals surface area contributed by atoms with Crippen LogP contribution in [-0.2, 0) is 6.18 Å². The minimum absolute atomic E-state index is 0. The first-order valence-electron chi connectivity index (χ1n) is 6.31. The molecule has 0 amide bonds. The van der Waals surface area contributed by atoms with E-state index in [1.807, 2.05) is 0 Å². The van der Waals surface area contributed by atoms with Gasteiger partial charge in [-0.05, 0) is 25.3 Å². The Morgan fingerprint density at radius 2 is 2.15 bits per heavy atom. The van der Waals surface area contributed by atoms with Gasteiger partial charge in [0.15, 0.2) is 5.69 Å². The molecule has 0 aliphatic carbocycles. The average molecular weight is 310 g/mol. The van der Waals surface area contributed by atoms with E-state index >= 15 is 0 Å². The van der Waals surface area contributed by atoms with Crippen LogP contribution in [0, 0.1) is 5.92 Å². The van der Waals surface area contributed by atoms with Crippen LogP contribution in [0.1, 0.15) is 25.0 Å². The van der Waals surface area contributed by atoms with E-state index in [9.17, 15) is 13.2 Å². The van der Waals surface area contributed by atoms with Crippen LogP contribution in [0.15, 0.2) is 12.3 Å². The lowest BCUT2D eigenvalue weighted by Crippen LogP contribution is -2.27. The van der Waals surface area contributed by atoms with E-state index in [1.54, 1.807) is 0 Å². The number of hydrogen-bond donors (Lipinski definition) is 1. The predicted molar refractivity (Wildman–Crippen MR) is 67.8 cm³/mol. The Kier molecular flexibility index (Phi) is 4.39. The molecule has 2 aliphatic heterocycles. The third kappa shape index (κ3) is 3.15. The van der Waals surface area contributed by atoms with Crippen LogP contribution in [0.4, 0.5) is 13.2 Å². The van der Waals surface area contributed by atoms with Crippen LogP contribution < -0.4 is 10.1 Å². The lowest BCUT2D eigenvalue weighted by Gasteiger charge is -2.19. The topological polar surface area (TPSA) is 47.0 Å². The van der Waals surface area contributed by atoms with Gasteiger partial charge in [-0.2, -0.15) is 18.2 Å². The zero-order chi connectivity index (χ0) is 13.5. The fourth-order valence-electron chi connectivity index (χ4n) is 2.87. The normalized spacial score (nSPS) is 28.2. The van der Waals surface area contributed by atoms with Crippen molar-refractivity contribution in [1.82, 2.24) is 15.3 Å². The average Bonchev–Trinajstić information content (AvgIpc) is 2.98. The van der Waals surface area contributed by atoms with Gasteiger partial charge in [-0.25, -0.2) is 4.98 Å². The number of hydrogen-bond acceptors (Lipinski definition) is 4. The zero-order valence-corrected chi connectivity index (χ0v) is 11.4. The standard InChI is InChI=1S/C12H14F3N3O.ClH/c13-12(14,15)10-3-4-16-11(18-10)19-6-7-5-8-1-2-9(7)17-8;/h3-4,7-9,17H,1-2,5-6H2;1H. The van der Waals surface area contributed by atoms with Crippen molar-refractivity contribution in [3.05, 3.63) is 18.0 Å². The molecule has 3 heterocycles. The van der Waals surface area contributed by atoms with Gasteiger partial charge in [0.2, 0.25) is 0 Å². The number of nitrogens with one attached hydrogen (secondary N) is 1. The Morgan fingerprint density at radius 1 is 1.35 bits per heavy atom. The molecule has 2 saturated heterocycles. The molecule has 2 fully saturated rings. The number of halogens is 4. The first kappa shape index (κ1) is 15.3. The molecule has 3 rings (SSSR count). The van der Waals surface area contributed by atoms with Gasteiger partial charge in [0.05, 0.1) is 6.61 Å². The fraction of sp³-hybridized carbons (Fsp3) is 0.667. The Balaban J connectivity index is 0.00000147. The van der Waals surface area contributed by atoms with E-state index in [-0.39, 0.29) is 18.4 Å². The molecule has 0 spiro atoms. The van der Waals surface area contributed by atoms with Crippen molar-refractivity contribution >= 4 is 12.4 Å². The first-order chi connectivity index (χ1) is 9.02. The second-order valence-corrected chi connectivity index (χ2v) is 5.08. The van der Waals surface area contributed by atoms with Crippen molar-refractivity contribution in [3.63, 3.8) is 0 Å². The molecule has 2 bridgehead atoms. The summed E-state index contributed by atoms with van der Waals surface area (Å²) in [4.78, 5) is 7.11. The van der Waals surface area contributed by atoms with Gasteiger partial charge < -0.3 is 10.1 Å². The van der Waals surface area contributed by atoms with Crippen LogP contribution in [0.3, 0.4) is 0 Å². The molecule has 8 heteroatoms. The largest absolute Gasteiger partial charge is 0.463 e. The summed E-state index contributed by atoms with van der Waals surface area (Å²) in [5, 5.41) is 3.45. The van der Waals surface area contributed by atoms with E-state index in [1.165, 1.54) is 6.42 Å². The van der Waals surface area contributed by atoms with Crippen molar-refractivity contribution in [3.8, 4) is 6.01 Å². The number of aromatic nitrogens is 2. The maximum Gasteiger partial charge on any atom is 0.433 e. The van der Waals surface area contributed by atoms with E-state index in [2.05, 4.69) is 15.3 Å². The fourth-order valence-corrected chi connectivity index (χ4v) is 2.87. The Morgan fingerprint density at radius 3 is 2.75 bits per heavy atom. The van der Waals surface area contributed by atoms with Crippen LogP contribution >= 0.6 is 12.4 Å². The summed E-state index contributed by atoms with van der Waals surface area (Å²) in [5.41, 5.74) is -0.969. The molecule has 0 aromatic carbocycles. The highest BCUT2D eigenvalue weighted by atomic mass is 35.5. The monoisotopic (exact) mass is 309 g/mol. The number of fused-ring (bicyclic) bond motifs is 2. The Hall–Kier alpha value is -1.08. The molecule has 1 aromatic heterocycles. The third-order valence-corrected chi connectivity index (χ3v) is 3.78. The lowest BCUT2D eigenvalue weighted by molar-refractivity contribution is -0.141. The summed E-state index contributed by atoms with van der Waals surface area (Å²) in [7, 11) is 0. The van der Waals surface area contributed by atoms with Gasteiger partial charge in [-0.3, -0.25) is 0 Å². The van der Waals surface area contributed by atoms with Gasteiger partial charge in [0.1, 0.15) is 0 Å². The minimum Gasteiger partial charge on any atom is -0.463 e. The van der Waals surface area contributed by atoms with E-state index < -0.39 is 11.9 Å². The summed E-state index contributed by atoms with van der Waals surface area (Å²) >= 11 is 0. The predicted octanol–water partition coefficient (Wildman–Crippen LogP) is 2.44. The van der Waals surface area contributed by atoms with Crippen LogP contribution in [0.5, 0.6) is 6.01 Å². The zero-order valence-electron chi connectivity index (χ0n) is 10.6. The number of rotatable bonds is 3. The van der Waals surface area contributed by atoms with Gasteiger partial charge in [-0.15, -0.1) is 12.4 Å². The van der Waals surface area contributed by atoms with Gasteiger partial charge in [0.25, 0.3) is 0 Å². The second kappa shape index (κ2) is 5.73. The summed E-state index contributed by atoms with van der Waals surface area (Å²) in [6, 6.07) is 1.61. The first-order valence-corrected chi connectivity index (χ1v) is 6.31. The highest BCUT2D eigenvalue weighted by Gasteiger charge is 2.39. The van der Waals surface area contributed by atoms with Crippen LogP contribution in [-0.4, -0.2) is 28.7 Å². The highest BCUT2D eigenvalue weighted by Crippen LogP contribution is 2.33. The second-order valence-electron chi connectivity index (χ2n) is 5.08. The van der Waals surface area contributed by atoms with E-state index in [0.29, 0.717) is 24.6 Å². The SMILES string of the molecule is Cl.FC(F)(F)c1ccnc(OCC2CC3CCC2N3)n1. The minimum atomic E-state index is -4.46. The van der Waals surface area contributed by atoms with Crippen molar-refractivity contribution in [1.29, 1.82) is 0 Å². The number of nitrogens with zero attached hydrogens (tertiary/aromatic N) is 2. The molecule has 2 aliphatic rings. The molecule has 112 valence electrons. The Bertz CT molecular complexity index is 472. The van der Waals surface area contributed by atoms with E-state index in [0.717, 1.165) is 25.1 Å².